The van der Waals surface area contributed by atoms with Crippen LogP contribution in [-0.2, 0) is 4.74 Å². The number of hydrogen-bond acceptors (Lipinski definition) is 5. The van der Waals surface area contributed by atoms with Crippen LogP contribution in [0.5, 0.6) is 0 Å². The molecule has 1 fully saturated rings. The summed E-state index contributed by atoms with van der Waals surface area (Å²) in [5, 5.41) is 14.5. The van der Waals surface area contributed by atoms with Crippen molar-refractivity contribution in [3.05, 3.63) is 39.4 Å². The summed E-state index contributed by atoms with van der Waals surface area (Å²) < 4.78 is 4.88. The molecule has 1 N–H and O–H groups in total. The van der Waals surface area contributed by atoms with E-state index in [1.165, 1.54) is 6.07 Å². The maximum Gasteiger partial charge on any atom is 0.338 e. The second-order valence-corrected chi connectivity index (χ2v) is 4.78. The molecule has 0 unspecified atom stereocenters. The van der Waals surface area contributed by atoms with Gasteiger partial charge in [-0.25, -0.2) is 4.79 Å². The van der Waals surface area contributed by atoms with E-state index in [1.54, 1.807) is 19.1 Å². The highest BCUT2D eigenvalue weighted by Crippen LogP contribution is 2.33. The number of benzene rings is 1. The first kappa shape index (κ1) is 14.5. The van der Waals surface area contributed by atoms with E-state index in [1.807, 2.05) is 0 Å². The number of carbonyl (C=O) groups is 1. The molecule has 1 aliphatic rings. The number of hydrogen-bond donors (Lipinski definition) is 1. The number of ether oxygens (including phenoxy) is 1. The van der Waals surface area contributed by atoms with Crippen LogP contribution in [0.3, 0.4) is 0 Å². The first-order chi connectivity index (χ1) is 9.63. The molecule has 2 rings (SSSR count). The summed E-state index contributed by atoms with van der Waals surface area (Å²) in [6.07, 6.45) is 1.75. The molecule has 0 aliphatic carbocycles. The summed E-state index contributed by atoms with van der Waals surface area (Å²) in [5.41, 5.74) is 0.961. The topological polar surface area (TPSA) is 81.5 Å². The minimum Gasteiger partial charge on any atom is -0.462 e. The van der Waals surface area contributed by atoms with Crippen molar-refractivity contribution in [3.63, 3.8) is 0 Å². The number of nitro groups is 1. The van der Waals surface area contributed by atoms with Gasteiger partial charge in [0.05, 0.1) is 17.1 Å². The molecule has 1 saturated heterocycles. The second kappa shape index (κ2) is 6.47. The van der Waals surface area contributed by atoms with Crippen molar-refractivity contribution in [3.8, 4) is 0 Å². The average Bonchev–Trinajstić information content (AvgIpc) is 2.47. The monoisotopic (exact) mass is 278 g/mol. The maximum atomic E-state index is 11.7. The second-order valence-electron chi connectivity index (χ2n) is 4.78. The predicted molar refractivity (Wildman–Crippen MR) is 73.9 cm³/mol. The molecular weight excluding hydrogens is 260 g/mol. The Labute approximate surface area is 117 Å². The van der Waals surface area contributed by atoms with Crippen molar-refractivity contribution in [2.75, 3.05) is 19.7 Å². The molecule has 0 saturated carbocycles. The van der Waals surface area contributed by atoms with E-state index in [9.17, 15) is 14.9 Å². The van der Waals surface area contributed by atoms with Crippen LogP contribution in [0.2, 0.25) is 0 Å². The zero-order valence-corrected chi connectivity index (χ0v) is 11.4. The molecule has 0 amide bonds. The quantitative estimate of drug-likeness (QED) is 0.519. The Bertz CT molecular complexity index is 510. The van der Waals surface area contributed by atoms with E-state index in [2.05, 4.69) is 5.32 Å². The van der Waals surface area contributed by atoms with Crippen LogP contribution in [0.25, 0.3) is 0 Å². The van der Waals surface area contributed by atoms with E-state index in [0.717, 1.165) is 25.9 Å². The van der Waals surface area contributed by atoms with Gasteiger partial charge in [0, 0.05) is 11.6 Å². The summed E-state index contributed by atoms with van der Waals surface area (Å²) in [6.45, 7) is 3.68. The summed E-state index contributed by atoms with van der Waals surface area (Å²) >= 11 is 0. The molecule has 0 atom stereocenters. The van der Waals surface area contributed by atoms with E-state index in [4.69, 9.17) is 4.74 Å². The minimum atomic E-state index is -0.521. The van der Waals surface area contributed by atoms with Crippen LogP contribution in [0.1, 0.15) is 41.6 Å². The average molecular weight is 278 g/mol. The van der Waals surface area contributed by atoms with Gasteiger partial charge in [-0.1, -0.05) is 6.07 Å². The highest BCUT2D eigenvalue weighted by molar-refractivity contribution is 5.90. The Kier molecular flexibility index (Phi) is 4.68. The minimum absolute atomic E-state index is 0.0162. The van der Waals surface area contributed by atoms with Gasteiger partial charge in [-0.05, 0) is 44.8 Å². The molecule has 0 spiro atoms. The number of esters is 1. The van der Waals surface area contributed by atoms with Gasteiger partial charge in [-0.3, -0.25) is 10.1 Å². The Hall–Kier alpha value is -1.95. The lowest BCUT2D eigenvalue weighted by molar-refractivity contribution is -0.385. The first-order valence-electron chi connectivity index (χ1n) is 6.79. The van der Waals surface area contributed by atoms with Crippen LogP contribution < -0.4 is 5.32 Å². The lowest BCUT2D eigenvalue weighted by atomic mass is 9.88. The van der Waals surface area contributed by atoms with Gasteiger partial charge in [0.1, 0.15) is 0 Å². The predicted octanol–water partition coefficient (Wildman–Crippen LogP) is 2.24. The third-order valence-corrected chi connectivity index (χ3v) is 3.52. The van der Waals surface area contributed by atoms with Gasteiger partial charge in [-0.15, -0.1) is 0 Å². The lowest BCUT2D eigenvalue weighted by Gasteiger charge is -2.22. The van der Waals surface area contributed by atoms with Crippen molar-refractivity contribution < 1.29 is 14.5 Å². The van der Waals surface area contributed by atoms with Crippen molar-refractivity contribution >= 4 is 11.7 Å². The van der Waals surface area contributed by atoms with Crippen LogP contribution >= 0.6 is 0 Å². The highest BCUT2D eigenvalue weighted by Gasteiger charge is 2.25. The maximum absolute atomic E-state index is 11.7. The Morgan fingerprint density at radius 1 is 1.45 bits per heavy atom. The normalized spacial score (nSPS) is 15.8. The number of nitro benzene ring substituents is 1. The largest absolute Gasteiger partial charge is 0.462 e. The Morgan fingerprint density at radius 3 is 2.75 bits per heavy atom. The van der Waals surface area contributed by atoms with Gasteiger partial charge in [0.15, 0.2) is 0 Å². The zero-order chi connectivity index (χ0) is 14.5. The van der Waals surface area contributed by atoms with E-state index >= 15 is 0 Å². The van der Waals surface area contributed by atoms with Gasteiger partial charge in [0.25, 0.3) is 5.69 Å². The molecule has 1 aliphatic heterocycles. The van der Waals surface area contributed by atoms with Crippen LogP contribution in [0.4, 0.5) is 5.69 Å². The molecule has 6 nitrogen and oxygen atoms in total. The number of piperidine rings is 1. The summed E-state index contributed by atoms with van der Waals surface area (Å²) in [4.78, 5) is 22.5. The van der Waals surface area contributed by atoms with Crippen LogP contribution in [0.15, 0.2) is 18.2 Å². The zero-order valence-electron chi connectivity index (χ0n) is 11.4. The van der Waals surface area contributed by atoms with Crippen molar-refractivity contribution in [1.82, 2.24) is 5.32 Å². The number of rotatable bonds is 4. The molecule has 0 radical (unpaired) electrons. The number of carbonyl (C=O) groups excluding carboxylic acids is 1. The SMILES string of the molecule is CCOC(=O)c1ccc(C2CCNCC2)c([N+](=O)[O-])c1. The molecule has 20 heavy (non-hydrogen) atoms. The van der Waals surface area contributed by atoms with E-state index in [-0.39, 0.29) is 23.8 Å². The van der Waals surface area contributed by atoms with Gasteiger partial charge < -0.3 is 10.1 Å². The number of nitrogens with one attached hydrogen (secondary N) is 1. The fraction of sp³-hybridized carbons (Fsp3) is 0.500. The standard InChI is InChI=1S/C14H18N2O4/c1-2-20-14(17)11-3-4-12(13(9-11)16(18)19)10-5-7-15-8-6-10/h3-4,9-10,15H,2,5-8H2,1H3. The smallest absolute Gasteiger partial charge is 0.338 e. The fourth-order valence-corrected chi connectivity index (χ4v) is 2.52. The van der Waals surface area contributed by atoms with Crippen LogP contribution in [-0.4, -0.2) is 30.6 Å². The summed E-state index contributed by atoms with van der Waals surface area (Å²) in [7, 11) is 0. The fourth-order valence-electron chi connectivity index (χ4n) is 2.52. The molecular formula is C14H18N2O4. The molecule has 108 valence electrons. The lowest BCUT2D eigenvalue weighted by Crippen LogP contribution is -2.27. The highest BCUT2D eigenvalue weighted by atomic mass is 16.6. The molecule has 1 heterocycles. The summed E-state index contributed by atoms with van der Waals surface area (Å²) in [5.74, 6) is -0.347. The van der Waals surface area contributed by atoms with Crippen molar-refractivity contribution in [2.45, 2.75) is 25.7 Å². The third-order valence-electron chi connectivity index (χ3n) is 3.52. The first-order valence-corrected chi connectivity index (χ1v) is 6.79. The third kappa shape index (κ3) is 3.14. The van der Waals surface area contributed by atoms with Crippen molar-refractivity contribution in [1.29, 1.82) is 0 Å². The van der Waals surface area contributed by atoms with Gasteiger partial charge in [-0.2, -0.15) is 0 Å². The van der Waals surface area contributed by atoms with E-state index in [0.29, 0.717) is 5.56 Å². The summed E-state index contributed by atoms with van der Waals surface area (Å²) in [6, 6.07) is 4.64. The Morgan fingerprint density at radius 2 is 2.15 bits per heavy atom. The van der Waals surface area contributed by atoms with Crippen molar-refractivity contribution in [2.24, 2.45) is 0 Å². The van der Waals surface area contributed by atoms with E-state index < -0.39 is 10.9 Å². The number of nitrogens with zero attached hydrogens (tertiary/aromatic N) is 1. The van der Waals surface area contributed by atoms with Gasteiger partial charge >= 0.3 is 5.97 Å². The Balaban J connectivity index is 2.32. The molecule has 0 bridgehead atoms. The molecule has 0 aromatic heterocycles. The van der Waals surface area contributed by atoms with Crippen LogP contribution in [0, 0.1) is 10.1 Å². The molecule has 1 aromatic carbocycles. The molecule has 1 aromatic rings. The van der Waals surface area contributed by atoms with Gasteiger partial charge in [0.2, 0.25) is 0 Å². The molecule has 6 heteroatoms.